The van der Waals surface area contributed by atoms with Gasteiger partial charge in [0.2, 0.25) is 0 Å². The van der Waals surface area contributed by atoms with Crippen molar-refractivity contribution in [3.63, 3.8) is 0 Å². The molecule has 0 aromatic carbocycles. The van der Waals surface area contributed by atoms with Gasteiger partial charge in [-0.25, -0.2) is 0 Å². The zero-order valence-electron chi connectivity index (χ0n) is 9.55. The number of quaternary nitrogens is 1. The Morgan fingerprint density at radius 2 is 2.00 bits per heavy atom. The molecule has 1 saturated heterocycles. The van der Waals surface area contributed by atoms with Crippen LogP contribution in [0, 0.1) is 5.92 Å². The van der Waals surface area contributed by atoms with Gasteiger partial charge in [0.15, 0.2) is 0 Å². The van der Waals surface area contributed by atoms with Gasteiger partial charge < -0.3 is 4.90 Å². The topological polar surface area (TPSA) is 30.5 Å². The van der Waals surface area contributed by atoms with Gasteiger partial charge in [0.25, 0.3) is 0 Å². The third-order valence-electron chi connectivity index (χ3n) is 4.06. The molecule has 3 N–H and O–H groups in total. The third-order valence-corrected chi connectivity index (χ3v) is 4.45. The minimum absolute atomic E-state index is 0.398. The van der Waals surface area contributed by atoms with Crippen LogP contribution in [-0.2, 0) is 0 Å². The number of nitrogens with two attached hydrogens (primary N) is 1. The van der Waals surface area contributed by atoms with Gasteiger partial charge in [0.05, 0.1) is 13.1 Å². The van der Waals surface area contributed by atoms with Crippen LogP contribution in [0.15, 0.2) is 0 Å². The van der Waals surface area contributed by atoms with Crippen molar-refractivity contribution in [2.45, 2.75) is 56.5 Å². The summed E-state index contributed by atoms with van der Waals surface area (Å²) in [5.41, 5.74) is 6.16. The van der Waals surface area contributed by atoms with Gasteiger partial charge in [-0.05, 0) is 32.1 Å². The van der Waals surface area contributed by atoms with Crippen molar-refractivity contribution in [1.29, 1.82) is 0 Å². The van der Waals surface area contributed by atoms with Crippen molar-refractivity contribution in [3.8, 4) is 0 Å². The molecule has 0 bridgehead atoms. The van der Waals surface area contributed by atoms with Crippen molar-refractivity contribution >= 4 is 11.6 Å². The van der Waals surface area contributed by atoms with Gasteiger partial charge in [0, 0.05) is 17.7 Å². The van der Waals surface area contributed by atoms with Gasteiger partial charge in [-0.15, -0.1) is 11.6 Å². The largest absolute Gasteiger partial charge is 0.320 e. The molecule has 4 atom stereocenters. The quantitative estimate of drug-likeness (QED) is 0.686. The number of piperidine rings is 1. The van der Waals surface area contributed by atoms with E-state index in [1.54, 1.807) is 4.90 Å². The molecule has 1 heterocycles. The molecule has 0 amide bonds. The van der Waals surface area contributed by atoms with Crippen LogP contribution in [-0.4, -0.2) is 24.6 Å². The molecule has 3 heteroatoms. The fourth-order valence-electron chi connectivity index (χ4n) is 3.14. The molecule has 1 saturated carbocycles. The van der Waals surface area contributed by atoms with E-state index >= 15 is 0 Å². The van der Waals surface area contributed by atoms with E-state index in [9.17, 15) is 0 Å². The first-order valence-corrected chi connectivity index (χ1v) is 6.93. The predicted octanol–water partition coefficient (Wildman–Crippen LogP) is 1.14. The minimum atomic E-state index is 0.398. The van der Waals surface area contributed by atoms with E-state index in [0.717, 1.165) is 5.92 Å². The zero-order valence-corrected chi connectivity index (χ0v) is 10.3. The first kappa shape index (κ1) is 11.7. The fraction of sp³-hybridized carbons (Fsp3) is 1.00. The molecule has 15 heavy (non-hydrogen) atoms. The van der Waals surface area contributed by atoms with Crippen LogP contribution in [0.1, 0.15) is 44.9 Å². The van der Waals surface area contributed by atoms with Gasteiger partial charge in [-0.3, -0.25) is 5.73 Å². The Bertz CT molecular complexity index is 198. The highest BCUT2D eigenvalue weighted by Crippen LogP contribution is 2.26. The van der Waals surface area contributed by atoms with E-state index < -0.39 is 0 Å². The van der Waals surface area contributed by atoms with Crippen molar-refractivity contribution in [3.05, 3.63) is 0 Å². The van der Waals surface area contributed by atoms with Crippen LogP contribution in [0.3, 0.4) is 0 Å². The maximum Gasteiger partial charge on any atom is 0.138 e. The first-order valence-electron chi connectivity index (χ1n) is 6.50. The average molecular weight is 232 g/mol. The monoisotopic (exact) mass is 231 g/mol. The molecule has 2 nitrogen and oxygen atoms in total. The van der Waals surface area contributed by atoms with E-state index in [2.05, 4.69) is 0 Å². The second kappa shape index (κ2) is 5.51. The fourth-order valence-corrected chi connectivity index (χ4v) is 3.55. The summed E-state index contributed by atoms with van der Waals surface area (Å²) in [5, 5.41) is 0.434. The summed E-state index contributed by atoms with van der Waals surface area (Å²) in [6.45, 7) is 2.55. The Morgan fingerprint density at radius 1 is 1.13 bits per heavy atom. The number of likely N-dealkylation sites (tertiary alicyclic amines) is 1. The summed E-state index contributed by atoms with van der Waals surface area (Å²) in [5.74, 6) is 0.834. The van der Waals surface area contributed by atoms with Crippen LogP contribution in [0.25, 0.3) is 0 Å². The Balaban J connectivity index is 1.79. The number of halogens is 1. The summed E-state index contributed by atoms with van der Waals surface area (Å²) in [7, 11) is 0. The maximum atomic E-state index is 6.22. The maximum absolute atomic E-state index is 6.22. The van der Waals surface area contributed by atoms with Gasteiger partial charge in [-0.2, -0.15) is 0 Å². The normalized spacial score (nSPS) is 42.8. The molecule has 0 aromatic rings. The molecule has 1 aliphatic heterocycles. The number of hydrogen-bond acceptors (Lipinski definition) is 1. The highest BCUT2D eigenvalue weighted by atomic mass is 35.5. The molecule has 4 unspecified atom stereocenters. The lowest BCUT2D eigenvalue weighted by molar-refractivity contribution is -0.933. The SMILES string of the molecule is NC1CCCC[NH+]1CC1CCCC(Cl)C1. The lowest BCUT2D eigenvalue weighted by Crippen LogP contribution is -3.18. The van der Waals surface area contributed by atoms with Crippen molar-refractivity contribution in [2.24, 2.45) is 11.7 Å². The molecule has 2 fully saturated rings. The van der Waals surface area contributed by atoms with Gasteiger partial charge in [-0.1, -0.05) is 6.42 Å². The number of rotatable bonds is 2. The number of alkyl halides is 1. The van der Waals surface area contributed by atoms with E-state index in [-0.39, 0.29) is 0 Å². The number of nitrogens with one attached hydrogen (secondary N) is 1. The third kappa shape index (κ3) is 3.33. The molecular weight excluding hydrogens is 208 g/mol. The van der Waals surface area contributed by atoms with E-state index in [1.165, 1.54) is 58.0 Å². The van der Waals surface area contributed by atoms with Crippen LogP contribution in [0.4, 0.5) is 0 Å². The Morgan fingerprint density at radius 3 is 2.73 bits per heavy atom. The molecule has 1 aliphatic carbocycles. The predicted molar refractivity (Wildman–Crippen MR) is 64.1 cm³/mol. The summed E-state index contributed by atoms with van der Waals surface area (Å²) in [6.07, 6.45) is 9.44. The summed E-state index contributed by atoms with van der Waals surface area (Å²) in [4.78, 5) is 1.64. The number of hydrogen-bond donors (Lipinski definition) is 2. The lowest BCUT2D eigenvalue weighted by Gasteiger charge is -2.34. The van der Waals surface area contributed by atoms with Gasteiger partial charge in [0.1, 0.15) is 6.17 Å². The highest BCUT2D eigenvalue weighted by Gasteiger charge is 2.28. The second-order valence-electron chi connectivity index (χ2n) is 5.34. The Kier molecular flexibility index (Phi) is 4.30. The second-order valence-corrected chi connectivity index (χ2v) is 5.96. The Hall–Kier alpha value is 0.210. The molecule has 88 valence electrons. The molecule has 0 aromatic heterocycles. The zero-order chi connectivity index (χ0) is 10.7. The molecule has 0 spiro atoms. The Labute approximate surface area is 98.1 Å². The summed E-state index contributed by atoms with van der Waals surface area (Å²) in [6, 6.07) is 0. The van der Waals surface area contributed by atoms with Crippen molar-refractivity contribution in [1.82, 2.24) is 0 Å². The van der Waals surface area contributed by atoms with E-state index in [0.29, 0.717) is 11.5 Å². The van der Waals surface area contributed by atoms with Crippen molar-refractivity contribution in [2.75, 3.05) is 13.1 Å². The minimum Gasteiger partial charge on any atom is -0.320 e. The van der Waals surface area contributed by atoms with E-state index in [4.69, 9.17) is 17.3 Å². The lowest BCUT2D eigenvalue weighted by atomic mass is 9.88. The van der Waals surface area contributed by atoms with Crippen LogP contribution < -0.4 is 10.6 Å². The smallest absolute Gasteiger partial charge is 0.138 e. The average Bonchev–Trinajstić information content (AvgIpc) is 2.22. The highest BCUT2D eigenvalue weighted by molar-refractivity contribution is 6.20. The molecule has 2 aliphatic rings. The van der Waals surface area contributed by atoms with Gasteiger partial charge >= 0.3 is 0 Å². The van der Waals surface area contributed by atoms with E-state index in [1.807, 2.05) is 0 Å². The van der Waals surface area contributed by atoms with Crippen LogP contribution >= 0.6 is 11.6 Å². The molecule has 0 radical (unpaired) electrons. The van der Waals surface area contributed by atoms with Crippen LogP contribution in [0.2, 0.25) is 0 Å². The van der Waals surface area contributed by atoms with Crippen LogP contribution in [0.5, 0.6) is 0 Å². The summed E-state index contributed by atoms with van der Waals surface area (Å²) >= 11 is 6.22. The summed E-state index contributed by atoms with van der Waals surface area (Å²) < 4.78 is 0. The molecule has 2 rings (SSSR count). The first-order chi connectivity index (χ1) is 7.25. The standard InChI is InChI=1S/C12H23ClN2/c13-11-5-3-4-10(8-11)9-15-7-2-1-6-12(15)14/h10-12H,1-9,14H2/p+1. The van der Waals surface area contributed by atoms with Crippen molar-refractivity contribution < 1.29 is 4.90 Å². The molecular formula is C12H24ClN2+.